The average Bonchev–Trinajstić information content (AvgIpc) is 3.00. The number of nitrogens with one attached hydrogen (secondary N) is 2. The topological polar surface area (TPSA) is 48.6 Å². The Morgan fingerprint density at radius 3 is 2.76 bits per heavy atom. The molecule has 2 heterocycles. The lowest BCUT2D eigenvalue weighted by molar-refractivity contribution is 0.516. The van der Waals surface area contributed by atoms with E-state index in [-0.39, 0.29) is 5.56 Å². The van der Waals surface area contributed by atoms with Crippen molar-refractivity contribution in [2.24, 2.45) is 0 Å². The van der Waals surface area contributed by atoms with Gasteiger partial charge in [-0.25, -0.2) is 0 Å². The minimum absolute atomic E-state index is 0.0461. The molecule has 3 aromatic rings. The highest BCUT2D eigenvalue weighted by Gasteiger charge is 2.15. The van der Waals surface area contributed by atoms with Crippen LogP contribution in [0.4, 0.5) is 0 Å². The van der Waals surface area contributed by atoms with Crippen molar-refractivity contribution >= 4 is 33.6 Å². The molecule has 0 aliphatic heterocycles. The van der Waals surface area contributed by atoms with Crippen molar-refractivity contribution in [3.05, 3.63) is 40.8 Å². The molecule has 4 heteroatoms. The molecule has 0 spiro atoms. The second-order valence-electron chi connectivity index (χ2n) is 5.81. The summed E-state index contributed by atoms with van der Waals surface area (Å²) < 4.78 is 0. The largest absolute Gasteiger partial charge is 0.357 e. The van der Waals surface area contributed by atoms with E-state index in [0.29, 0.717) is 5.52 Å². The van der Waals surface area contributed by atoms with Crippen LogP contribution in [0.2, 0.25) is 0 Å². The van der Waals surface area contributed by atoms with Crippen molar-refractivity contribution < 1.29 is 0 Å². The highest BCUT2D eigenvalue weighted by atomic mass is 32.2. The SMILES string of the molecule is O=c1[nH]c2ccc(SC3CCCCC3)cc2c2cc[nH]c12. The predicted octanol–water partition coefficient (Wildman–Crippen LogP) is 4.43. The zero-order valence-corrected chi connectivity index (χ0v) is 12.6. The molecule has 3 nitrogen and oxygen atoms in total. The molecule has 0 saturated heterocycles. The first-order chi connectivity index (χ1) is 10.3. The summed E-state index contributed by atoms with van der Waals surface area (Å²) in [6, 6.07) is 8.38. The van der Waals surface area contributed by atoms with Gasteiger partial charge in [-0.2, -0.15) is 0 Å². The Hall–Kier alpha value is -1.68. The van der Waals surface area contributed by atoms with Gasteiger partial charge >= 0.3 is 0 Å². The van der Waals surface area contributed by atoms with E-state index in [0.717, 1.165) is 21.5 Å². The summed E-state index contributed by atoms with van der Waals surface area (Å²) in [4.78, 5) is 19.3. The van der Waals surface area contributed by atoms with E-state index in [9.17, 15) is 4.79 Å². The van der Waals surface area contributed by atoms with Gasteiger partial charge in [0.25, 0.3) is 5.56 Å². The minimum atomic E-state index is -0.0461. The normalized spacial score (nSPS) is 16.8. The quantitative estimate of drug-likeness (QED) is 0.735. The summed E-state index contributed by atoms with van der Waals surface area (Å²) in [5, 5.41) is 2.90. The number of aromatic nitrogens is 2. The van der Waals surface area contributed by atoms with Crippen LogP contribution in [0, 0.1) is 0 Å². The Balaban J connectivity index is 1.77. The van der Waals surface area contributed by atoms with E-state index in [4.69, 9.17) is 0 Å². The molecule has 2 aromatic heterocycles. The number of fused-ring (bicyclic) bond motifs is 3. The van der Waals surface area contributed by atoms with Gasteiger partial charge in [0.2, 0.25) is 0 Å². The molecule has 1 aliphatic rings. The van der Waals surface area contributed by atoms with Crippen molar-refractivity contribution in [3.8, 4) is 0 Å². The van der Waals surface area contributed by atoms with Crippen LogP contribution in [-0.2, 0) is 0 Å². The maximum Gasteiger partial charge on any atom is 0.272 e. The van der Waals surface area contributed by atoms with Gasteiger partial charge in [-0.15, -0.1) is 11.8 Å². The van der Waals surface area contributed by atoms with Gasteiger partial charge in [0.05, 0.1) is 0 Å². The number of pyridine rings is 1. The van der Waals surface area contributed by atoms with Crippen LogP contribution in [0.5, 0.6) is 0 Å². The summed E-state index contributed by atoms with van der Waals surface area (Å²) in [6.45, 7) is 0. The van der Waals surface area contributed by atoms with Gasteiger partial charge in [0, 0.05) is 32.6 Å². The van der Waals surface area contributed by atoms with Crippen LogP contribution in [0.1, 0.15) is 32.1 Å². The van der Waals surface area contributed by atoms with Crippen molar-refractivity contribution in [1.82, 2.24) is 9.97 Å². The highest BCUT2D eigenvalue weighted by molar-refractivity contribution is 8.00. The molecule has 1 fully saturated rings. The van der Waals surface area contributed by atoms with Gasteiger partial charge in [0.1, 0.15) is 5.52 Å². The van der Waals surface area contributed by atoms with Crippen LogP contribution in [-0.4, -0.2) is 15.2 Å². The van der Waals surface area contributed by atoms with Crippen molar-refractivity contribution in [1.29, 1.82) is 0 Å². The smallest absolute Gasteiger partial charge is 0.272 e. The van der Waals surface area contributed by atoms with E-state index in [1.165, 1.54) is 37.0 Å². The van der Waals surface area contributed by atoms with E-state index >= 15 is 0 Å². The van der Waals surface area contributed by atoms with Gasteiger partial charge in [-0.05, 0) is 37.1 Å². The van der Waals surface area contributed by atoms with E-state index in [2.05, 4.69) is 22.1 Å². The summed E-state index contributed by atoms with van der Waals surface area (Å²) in [5.41, 5.74) is 1.54. The Kier molecular flexibility index (Phi) is 3.26. The molecule has 0 amide bonds. The lowest BCUT2D eigenvalue weighted by Crippen LogP contribution is -2.08. The number of thioether (sulfide) groups is 1. The van der Waals surface area contributed by atoms with Crippen LogP contribution in [0.25, 0.3) is 21.8 Å². The van der Waals surface area contributed by atoms with Crippen LogP contribution in [0.15, 0.2) is 40.2 Å². The first-order valence-electron chi connectivity index (χ1n) is 7.61. The summed E-state index contributed by atoms with van der Waals surface area (Å²) in [7, 11) is 0. The van der Waals surface area contributed by atoms with Gasteiger partial charge < -0.3 is 9.97 Å². The molecular weight excluding hydrogens is 280 g/mol. The third-order valence-electron chi connectivity index (χ3n) is 4.36. The number of hydrogen-bond acceptors (Lipinski definition) is 2. The maximum absolute atomic E-state index is 12.0. The molecule has 21 heavy (non-hydrogen) atoms. The Labute approximate surface area is 127 Å². The number of rotatable bonds is 2. The maximum atomic E-state index is 12.0. The third-order valence-corrected chi connectivity index (χ3v) is 5.69. The zero-order chi connectivity index (χ0) is 14.2. The number of H-pyrrole nitrogens is 2. The summed E-state index contributed by atoms with van der Waals surface area (Å²) >= 11 is 1.99. The Morgan fingerprint density at radius 2 is 1.90 bits per heavy atom. The Bertz CT molecular complexity index is 843. The number of benzene rings is 1. The zero-order valence-electron chi connectivity index (χ0n) is 11.8. The molecule has 0 atom stereocenters. The van der Waals surface area contributed by atoms with Crippen LogP contribution < -0.4 is 5.56 Å². The lowest BCUT2D eigenvalue weighted by atomic mass is 10.0. The Morgan fingerprint density at radius 1 is 1.05 bits per heavy atom. The van der Waals surface area contributed by atoms with E-state index < -0.39 is 0 Å². The molecule has 0 radical (unpaired) electrons. The van der Waals surface area contributed by atoms with Gasteiger partial charge in [-0.1, -0.05) is 19.3 Å². The predicted molar refractivity (Wildman–Crippen MR) is 89.2 cm³/mol. The molecule has 1 aliphatic carbocycles. The minimum Gasteiger partial charge on any atom is -0.357 e. The molecule has 1 saturated carbocycles. The summed E-state index contributed by atoms with van der Waals surface area (Å²) in [6.07, 6.45) is 8.60. The lowest BCUT2D eigenvalue weighted by Gasteiger charge is -2.21. The molecule has 4 rings (SSSR count). The van der Waals surface area contributed by atoms with Crippen LogP contribution in [0.3, 0.4) is 0 Å². The molecule has 108 valence electrons. The number of hydrogen-bond donors (Lipinski definition) is 2. The molecule has 0 unspecified atom stereocenters. The third kappa shape index (κ3) is 2.38. The van der Waals surface area contributed by atoms with E-state index in [1.54, 1.807) is 0 Å². The van der Waals surface area contributed by atoms with Gasteiger partial charge in [-0.3, -0.25) is 4.79 Å². The van der Waals surface area contributed by atoms with Crippen molar-refractivity contribution in [2.75, 3.05) is 0 Å². The summed E-state index contributed by atoms with van der Waals surface area (Å²) in [5.74, 6) is 0. The second-order valence-corrected chi connectivity index (χ2v) is 7.18. The fraction of sp³-hybridized carbons (Fsp3) is 0.353. The first kappa shape index (κ1) is 13.0. The van der Waals surface area contributed by atoms with Crippen LogP contribution >= 0.6 is 11.8 Å². The van der Waals surface area contributed by atoms with E-state index in [1.807, 2.05) is 30.1 Å². The monoisotopic (exact) mass is 298 g/mol. The van der Waals surface area contributed by atoms with Crippen molar-refractivity contribution in [2.45, 2.75) is 42.2 Å². The van der Waals surface area contributed by atoms with Gasteiger partial charge in [0.15, 0.2) is 0 Å². The highest BCUT2D eigenvalue weighted by Crippen LogP contribution is 2.35. The molecule has 1 aromatic carbocycles. The van der Waals surface area contributed by atoms with Crippen molar-refractivity contribution in [3.63, 3.8) is 0 Å². The molecule has 0 bridgehead atoms. The average molecular weight is 298 g/mol. The fourth-order valence-electron chi connectivity index (χ4n) is 3.27. The molecule has 2 N–H and O–H groups in total. The standard InChI is InChI=1S/C17H18N2OS/c20-17-16-13(8-9-18-16)14-10-12(6-7-15(14)19-17)21-11-4-2-1-3-5-11/h6-11,18H,1-5H2,(H,19,20). The number of aromatic amines is 2. The fourth-order valence-corrected chi connectivity index (χ4v) is 4.56. The first-order valence-corrected chi connectivity index (χ1v) is 8.49. The second kappa shape index (κ2) is 5.26. The molecular formula is C17H18N2OS.